The van der Waals surface area contributed by atoms with Gasteiger partial charge < -0.3 is 4.43 Å². The van der Waals surface area contributed by atoms with Gasteiger partial charge in [0.25, 0.3) is 0 Å². The maximum absolute atomic E-state index is 5.62. The van der Waals surface area contributed by atoms with Gasteiger partial charge in [-0.15, -0.1) is 18.2 Å². The first-order valence-electron chi connectivity index (χ1n) is 3.36. The summed E-state index contributed by atoms with van der Waals surface area (Å²) in [7, 11) is -1.42. The minimum atomic E-state index is -1.42. The second-order valence-electron chi connectivity index (χ2n) is 3.16. The van der Waals surface area contributed by atoms with Crippen LogP contribution in [0.5, 0.6) is 0 Å². The predicted octanol–water partition coefficient (Wildman–Crippen LogP) is 2.63. The molecule has 0 fully saturated rings. The molecule has 0 aliphatic heterocycles. The van der Waals surface area contributed by atoms with Crippen LogP contribution in [0.1, 0.15) is 0 Å². The lowest BCUT2D eigenvalue weighted by molar-refractivity contribution is 0.266. The van der Waals surface area contributed by atoms with Crippen LogP contribution in [0.4, 0.5) is 0 Å². The fourth-order valence-electron chi connectivity index (χ4n) is 0.597. The van der Waals surface area contributed by atoms with Crippen LogP contribution < -0.4 is 0 Å². The number of alkyl halides is 1. The van der Waals surface area contributed by atoms with Gasteiger partial charge in [-0.25, -0.2) is 0 Å². The zero-order chi connectivity index (χ0) is 8.20. The van der Waals surface area contributed by atoms with Crippen LogP contribution in [0.3, 0.4) is 0 Å². The van der Waals surface area contributed by atoms with E-state index in [1.807, 2.05) is 0 Å². The highest BCUT2D eigenvalue weighted by Gasteiger charge is 2.17. The Balaban J connectivity index is 3.74. The molecule has 0 aromatic heterocycles. The molecule has 1 unspecified atom stereocenters. The lowest BCUT2D eigenvalue weighted by Gasteiger charge is -2.22. The first-order chi connectivity index (χ1) is 4.49. The molecule has 0 N–H and O–H groups in total. The van der Waals surface area contributed by atoms with E-state index in [9.17, 15) is 0 Å². The quantitative estimate of drug-likeness (QED) is 0.366. The Bertz CT molecular complexity index is 109. The number of rotatable bonds is 4. The summed E-state index contributed by atoms with van der Waals surface area (Å²) < 4.78 is 5.62. The van der Waals surface area contributed by atoms with E-state index in [0.717, 1.165) is 0 Å². The molecule has 0 spiro atoms. The standard InChI is InChI=1S/C7H15ClOSi/c1-5-7(6-8)9-10(2,3)4/h5,7H,1,6H2,2-4H3. The second-order valence-corrected chi connectivity index (χ2v) is 7.93. The molecular formula is C7H15ClOSi. The van der Waals surface area contributed by atoms with Crippen molar-refractivity contribution in [2.75, 3.05) is 5.88 Å². The highest BCUT2D eigenvalue weighted by molar-refractivity contribution is 6.69. The van der Waals surface area contributed by atoms with Gasteiger partial charge in [0.2, 0.25) is 0 Å². The molecule has 0 heterocycles. The Morgan fingerprint density at radius 3 is 2.20 bits per heavy atom. The fraction of sp³-hybridized carbons (Fsp3) is 0.714. The Morgan fingerprint density at radius 2 is 2.10 bits per heavy atom. The van der Waals surface area contributed by atoms with Crippen molar-refractivity contribution in [3.8, 4) is 0 Å². The minimum Gasteiger partial charge on any atom is -0.410 e. The van der Waals surface area contributed by atoms with Crippen molar-refractivity contribution < 1.29 is 4.43 Å². The number of hydrogen-bond acceptors (Lipinski definition) is 1. The van der Waals surface area contributed by atoms with E-state index in [0.29, 0.717) is 5.88 Å². The zero-order valence-corrected chi connectivity index (χ0v) is 8.61. The van der Waals surface area contributed by atoms with E-state index in [2.05, 4.69) is 26.2 Å². The first kappa shape index (κ1) is 10.2. The summed E-state index contributed by atoms with van der Waals surface area (Å²) in [5.41, 5.74) is 0. The lowest BCUT2D eigenvalue weighted by atomic mass is 10.4. The molecule has 0 bridgehead atoms. The Morgan fingerprint density at radius 1 is 1.60 bits per heavy atom. The van der Waals surface area contributed by atoms with Gasteiger partial charge in [0.05, 0.1) is 12.0 Å². The molecule has 1 atom stereocenters. The molecule has 0 saturated carbocycles. The molecule has 0 rings (SSSR count). The van der Waals surface area contributed by atoms with Gasteiger partial charge >= 0.3 is 0 Å². The molecule has 0 amide bonds. The summed E-state index contributed by atoms with van der Waals surface area (Å²) in [6.45, 7) is 10.0. The Labute approximate surface area is 69.2 Å². The van der Waals surface area contributed by atoms with Gasteiger partial charge in [-0.1, -0.05) is 6.08 Å². The van der Waals surface area contributed by atoms with Crippen molar-refractivity contribution in [3.63, 3.8) is 0 Å². The third-order valence-corrected chi connectivity index (χ3v) is 2.23. The van der Waals surface area contributed by atoms with Gasteiger partial charge in [0.1, 0.15) is 0 Å². The zero-order valence-electron chi connectivity index (χ0n) is 6.86. The summed E-state index contributed by atoms with van der Waals surface area (Å²) in [4.78, 5) is 0. The summed E-state index contributed by atoms with van der Waals surface area (Å²) >= 11 is 5.60. The largest absolute Gasteiger partial charge is 0.410 e. The van der Waals surface area contributed by atoms with Gasteiger partial charge in [0, 0.05) is 0 Å². The summed E-state index contributed by atoms with van der Waals surface area (Å²) in [5, 5.41) is 0. The summed E-state index contributed by atoms with van der Waals surface area (Å²) in [5.74, 6) is 0.508. The minimum absolute atomic E-state index is 0.0355. The summed E-state index contributed by atoms with van der Waals surface area (Å²) in [6, 6.07) is 0. The molecule has 3 heteroatoms. The number of halogens is 1. The maximum Gasteiger partial charge on any atom is 0.184 e. The van der Waals surface area contributed by atoms with Crippen LogP contribution >= 0.6 is 11.6 Å². The smallest absolute Gasteiger partial charge is 0.184 e. The first-order valence-corrected chi connectivity index (χ1v) is 7.30. The number of hydrogen-bond donors (Lipinski definition) is 0. The van der Waals surface area contributed by atoms with E-state index in [1.54, 1.807) is 6.08 Å². The Kier molecular flexibility index (Phi) is 4.25. The molecule has 0 aromatic carbocycles. The van der Waals surface area contributed by atoms with Gasteiger partial charge in [-0.05, 0) is 19.6 Å². The molecule has 0 aromatic rings. The molecule has 0 aliphatic rings. The van der Waals surface area contributed by atoms with Crippen LogP contribution in [-0.2, 0) is 4.43 Å². The summed E-state index contributed by atoms with van der Waals surface area (Å²) in [6.07, 6.45) is 1.79. The van der Waals surface area contributed by atoms with E-state index < -0.39 is 8.32 Å². The Hall–Kier alpha value is 0.207. The van der Waals surface area contributed by atoms with E-state index in [4.69, 9.17) is 16.0 Å². The molecule has 0 aliphatic carbocycles. The molecule has 10 heavy (non-hydrogen) atoms. The van der Waals surface area contributed by atoms with Crippen molar-refractivity contribution in [1.82, 2.24) is 0 Å². The van der Waals surface area contributed by atoms with Crippen molar-refractivity contribution in [2.45, 2.75) is 25.7 Å². The molecule has 60 valence electrons. The van der Waals surface area contributed by atoms with Crippen LogP contribution in [-0.4, -0.2) is 20.3 Å². The van der Waals surface area contributed by atoms with Crippen molar-refractivity contribution in [3.05, 3.63) is 12.7 Å². The predicted molar refractivity (Wildman–Crippen MR) is 49.1 cm³/mol. The molecular weight excluding hydrogens is 164 g/mol. The third kappa shape index (κ3) is 5.03. The lowest BCUT2D eigenvalue weighted by Crippen LogP contribution is -2.31. The average molecular weight is 179 g/mol. The van der Waals surface area contributed by atoms with Crippen LogP contribution in [0.15, 0.2) is 12.7 Å². The van der Waals surface area contributed by atoms with Gasteiger partial charge in [-0.2, -0.15) is 0 Å². The van der Waals surface area contributed by atoms with Gasteiger partial charge in [0.15, 0.2) is 8.32 Å². The SMILES string of the molecule is C=CC(CCl)O[Si](C)(C)C. The molecule has 0 radical (unpaired) electrons. The fourth-order valence-corrected chi connectivity index (χ4v) is 1.98. The van der Waals surface area contributed by atoms with E-state index in [1.165, 1.54) is 0 Å². The van der Waals surface area contributed by atoms with Crippen molar-refractivity contribution in [1.29, 1.82) is 0 Å². The monoisotopic (exact) mass is 178 g/mol. The van der Waals surface area contributed by atoms with Crippen molar-refractivity contribution in [2.24, 2.45) is 0 Å². The normalized spacial score (nSPS) is 14.8. The molecule has 0 saturated heterocycles. The molecule has 1 nitrogen and oxygen atoms in total. The second kappa shape index (κ2) is 4.16. The topological polar surface area (TPSA) is 9.23 Å². The van der Waals surface area contributed by atoms with Crippen LogP contribution in [0.25, 0.3) is 0 Å². The average Bonchev–Trinajstić information content (AvgIpc) is 1.81. The maximum atomic E-state index is 5.62. The van der Waals surface area contributed by atoms with E-state index in [-0.39, 0.29) is 6.10 Å². The van der Waals surface area contributed by atoms with Crippen LogP contribution in [0.2, 0.25) is 19.6 Å². The van der Waals surface area contributed by atoms with Gasteiger partial charge in [-0.3, -0.25) is 0 Å². The van der Waals surface area contributed by atoms with Crippen LogP contribution in [0, 0.1) is 0 Å². The van der Waals surface area contributed by atoms with E-state index >= 15 is 0 Å². The van der Waals surface area contributed by atoms with Crippen molar-refractivity contribution >= 4 is 19.9 Å². The third-order valence-electron chi connectivity index (χ3n) is 0.920. The highest BCUT2D eigenvalue weighted by atomic mass is 35.5. The highest BCUT2D eigenvalue weighted by Crippen LogP contribution is 2.08.